The molecule has 0 aliphatic heterocycles. The van der Waals surface area contributed by atoms with E-state index in [0.29, 0.717) is 0 Å². The summed E-state index contributed by atoms with van der Waals surface area (Å²) in [6.45, 7) is 4.84. The molecule has 12 rings (SSSR count). The van der Waals surface area contributed by atoms with Crippen LogP contribution in [0.15, 0.2) is 188 Å². The van der Waals surface area contributed by atoms with Gasteiger partial charge >= 0.3 is 0 Å². The van der Waals surface area contributed by atoms with E-state index in [1.165, 1.54) is 82.2 Å². The van der Waals surface area contributed by atoms with Crippen LogP contribution in [0.2, 0.25) is 0 Å². The number of hydrogen-bond acceptors (Lipinski definition) is 2. The van der Waals surface area contributed by atoms with Crippen molar-refractivity contribution in [2.45, 2.75) is 69.1 Å². The van der Waals surface area contributed by atoms with Gasteiger partial charge in [0.1, 0.15) is 0 Å². The first-order valence-corrected chi connectivity index (χ1v) is 23.0. The molecule has 0 amide bonds. The van der Waals surface area contributed by atoms with Gasteiger partial charge in [0.15, 0.2) is 0 Å². The molecule has 0 N–H and O–H groups in total. The van der Waals surface area contributed by atoms with E-state index in [4.69, 9.17) is 9.97 Å². The van der Waals surface area contributed by atoms with Gasteiger partial charge in [-0.1, -0.05) is 197 Å². The molecule has 0 saturated heterocycles. The number of hydrogen-bond donors (Lipinski definition) is 0. The minimum absolute atomic E-state index is 0.0672. The molecular weight excluding hydrogens is 761 g/mol. The third-order valence-electron chi connectivity index (χ3n) is 14.8. The van der Waals surface area contributed by atoms with Crippen molar-refractivity contribution < 1.29 is 0 Å². The van der Waals surface area contributed by atoms with E-state index >= 15 is 0 Å². The molecule has 1 unspecified atom stereocenters. The van der Waals surface area contributed by atoms with Gasteiger partial charge in [-0.05, 0) is 110 Å². The van der Waals surface area contributed by atoms with E-state index in [2.05, 4.69) is 202 Å². The number of allylic oxidation sites excluding steroid dienone is 4. The minimum atomic E-state index is -0.0672. The normalized spacial score (nSPS) is 17.3. The van der Waals surface area contributed by atoms with Gasteiger partial charge < -0.3 is 0 Å². The molecule has 2 heteroatoms. The Kier molecular flexibility index (Phi) is 8.94. The van der Waals surface area contributed by atoms with Gasteiger partial charge in [-0.2, -0.15) is 0 Å². The second-order valence-corrected chi connectivity index (χ2v) is 18.7. The highest BCUT2D eigenvalue weighted by Crippen LogP contribution is 2.60. The molecule has 7 aromatic carbocycles. The van der Waals surface area contributed by atoms with Crippen molar-refractivity contribution in [1.29, 1.82) is 0 Å². The Bertz CT molecular complexity index is 3130. The highest BCUT2D eigenvalue weighted by atomic mass is 14.9. The van der Waals surface area contributed by atoms with E-state index in [1.807, 2.05) is 0 Å². The van der Waals surface area contributed by atoms with Gasteiger partial charge in [0.25, 0.3) is 0 Å². The number of fused-ring (bicyclic) bond motifs is 8. The predicted molar refractivity (Wildman–Crippen MR) is 262 cm³/mol. The molecule has 1 aromatic heterocycles. The van der Waals surface area contributed by atoms with Crippen molar-refractivity contribution in [2.24, 2.45) is 0 Å². The SMILES string of the molecule is CC1(C)c2ccc(-c3ccc(-c4cccc(-c5nc(-c6ccccc6)c(-c6ccccc6)nc5C5C=CC=CC5)c4)cc3)cc2-c2cc3c(cc21)-c1ccccc1C31CCCCC1. The number of aromatic nitrogens is 2. The molecule has 63 heavy (non-hydrogen) atoms. The Morgan fingerprint density at radius 3 is 1.71 bits per heavy atom. The van der Waals surface area contributed by atoms with Crippen LogP contribution in [0.3, 0.4) is 0 Å². The maximum absolute atomic E-state index is 5.54. The van der Waals surface area contributed by atoms with Crippen molar-refractivity contribution in [1.82, 2.24) is 9.97 Å². The highest BCUT2D eigenvalue weighted by Gasteiger charge is 2.46. The first-order valence-electron chi connectivity index (χ1n) is 23.0. The average molecular weight is 811 g/mol. The van der Waals surface area contributed by atoms with Gasteiger partial charge in [-0.15, -0.1) is 0 Å². The fraction of sp³-hybridized carbons (Fsp3) is 0.180. The Labute approximate surface area is 371 Å². The molecule has 1 saturated carbocycles. The Balaban J connectivity index is 0.913. The molecule has 2 nitrogen and oxygen atoms in total. The smallest absolute Gasteiger partial charge is 0.0973 e. The van der Waals surface area contributed by atoms with Crippen LogP contribution in [-0.2, 0) is 10.8 Å². The van der Waals surface area contributed by atoms with Gasteiger partial charge in [0, 0.05) is 33.4 Å². The summed E-state index contributed by atoms with van der Waals surface area (Å²) in [5.41, 5.74) is 23.6. The lowest BCUT2D eigenvalue weighted by Gasteiger charge is -2.36. The Morgan fingerprint density at radius 2 is 1.00 bits per heavy atom. The third-order valence-corrected chi connectivity index (χ3v) is 14.8. The molecule has 0 radical (unpaired) electrons. The van der Waals surface area contributed by atoms with Gasteiger partial charge in [-0.3, -0.25) is 0 Å². The van der Waals surface area contributed by atoms with E-state index in [1.54, 1.807) is 11.1 Å². The van der Waals surface area contributed by atoms with Gasteiger partial charge in [0.05, 0.1) is 22.8 Å². The topological polar surface area (TPSA) is 25.8 Å². The summed E-state index contributed by atoms with van der Waals surface area (Å²) >= 11 is 0. The van der Waals surface area contributed by atoms with Crippen molar-refractivity contribution in [3.63, 3.8) is 0 Å². The summed E-state index contributed by atoms with van der Waals surface area (Å²) in [5, 5.41) is 0. The monoisotopic (exact) mass is 810 g/mol. The average Bonchev–Trinajstić information content (AvgIpc) is 3.74. The lowest BCUT2D eigenvalue weighted by atomic mass is 9.67. The largest absolute Gasteiger partial charge is 0.248 e. The predicted octanol–water partition coefficient (Wildman–Crippen LogP) is 15.9. The van der Waals surface area contributed by atoms with Crippen LogP contribution in [0.4, 0.5) is 0 Å². The molecule has 1 heterocycles. The summed E-state index contributed by atoms with van der Waals surface area (Å²) in [6, 6.07) is 60.7. The first kappa shape index (κ1) is 37.8. The summed E-state index contributed by atoms with van der Waals surface area (Å²) in [4.78, 5) is 11.1. The second kappa shape index (κ2) is 14.9. The third kappa shape index (κ3) is 6.14. The second-order valence-electron chi connectivity index (χ2n) is 18.7. The van der Waals surface area contributed by atoms with Crippen molar-refractivity contribution in [3.8, 4) is 78.3 Å². The molecule has 4 aliphatic rings. The molecule has 304 valence electrons. The molecule has 1 atom stereocenters. The molecule has 4 aliphatic carbocycles. The fourth-order valence-electron chi connectivity index (χ4n) is 11.6. The van der Waals surface area contributed by atoms with Crippen molar-refractivity contribution >= 4 is 0 Å². The highest BCUT2D eigenvalue weighted by molar-refractivity contribution is 5.91. The van der Waals surface area contributed by atoms with Gasteiger partial charge in [-0.25, -0.2) is 9.97 Å². The summed E-state index contributed by atoms with van der Waals surface area (Å²) < 4.78 is 0. The Hall–Kier alpha value is -6.90. The quantitative estimate of drug-likeness (QED) is 0.167. The summed E-state index contributed by atoms with van der Waals surface area (Å²) in [7, 11) is 0. The van der Waals surface area contributed by atoms with E-state index in [-0.39, 0.29) is 16.7 Å². The zero-order valence-electron chi connectivity index (χ0n) is 36.1. The van der Waals surface area contributed by atoms with Crippen LogP contribution in [0, 0.1) is 0 Å². The molecular formula is C61H50N2. The van der Waals surface area contributed by atoms with Crippen molar-refractivity contribution in [3.05, 3.63) is 216 Å². The standard InChI is InChI=1S/C61H50N2/c1-60(2)52-33-32-46(37-49(52)51-39-55-50(38-54(51)60)48-26-13-14-27-53(48)61(55)34-15-6-16-35-61)41-30-28-40(29-31-41)45-24-17-25-47(36-45)59-58(44-22-11-5-12-23-44)62-56(42-18-7-3-8-19-42)57(63-59)43-20-9-4-10-21-43/h3-5,7-14,17-22,24-33,36-39,44H,6,15-16,23,34-35H2,1-2H3. The molecule has 8 aromatic rings. The van der Waals surface area contributed by atoms with Gasteiger partial charge in [0.2, 0.25) is 0 Å². The lowest BCUT2D eigenvalue weighted by molar-refractivity contribution is 0.353. The Morgan fingerprint density at radius 1 is 0.413 bits per heavy atom. The lowest BCUT2D eigenvalue weighted by Crippen LogP contribution is -2.28. The first-order chi connectivity index (χ1) is 31.0. The fourth-order valence-corrected chi connectivity index (χ4v) is 11.6. The maximum atomic E-state index is 5.54. The van der Waals surface area contributed by atoms with E-state index in [0.717, 1.165) is 51.5 Å². The van der Waals surface area contributed by atoms with E-state index in [9.17, 15) is 0 Å². The molecule has 1 spiro atoms. The molecule has 0 bridgehead atoms. The summed E-state index contributed by atoms with van der Waals surface area (Å²) in [6.07, 6.45) is 16.1. The summed E-state index contributed by atoms with van der Waals surface area (Å²) in [5.74, 6) is 0.128. The van der Waals surface area contributed by atoms with Crippen LogP contribution in [0.1, 0.15) is 86.2 Å². The van der Waals surface area contributed by atoms with Crippen LogP contribution in [0.5, 0.6) is 0 Å². The zero-order valence-corrected chi connectivity index (χ0v) is 36.1. The van der Waals surface area contributed by atoms with Crippen LogP contribution >= 0.6 is 0 Å². The van der Waals surface area contributed by atoms with E-state index < -0.39 is 0 Å². The number of benzene rings is 7. The van der Waals surface area contributed by atoms with Crippen LogP contribution in [0.25, 0.3) is 78.3 Å². The maximum Gasteiger partial charge on any atom is 0.0973 e. The number of rotatable bonds is 6. The molecule has 1 fully saturated rings. The van der Waals surface area contributed by atoms with Crippen molar-refractivity contribution in [2.75, 3.05) is 0 Å². The van der Waals surface area contributed by atoms with Crippen LogP contribution in [-0.4, -0.2) is 9.97 Å². The number of nitrogens with zero attached hydrogens (tertiary/aromatic N) is 2. The minimum Gasteiger partial charge on any atom is -0.248 e. The van der Waals surface area contributed by atoms with Crippen LogP contribution < -0.4 is 0 Å². The zero-order chi connectivity index (χ0) is 42.1.